The predicted octanol–water partition coefficient (Wildman–Crippen LogP) is 1.88. The third-order valence-corrected chi connectivity index (χ3v) is 3.88. The molecule has 2 fully saturated rings. The summed E-state index contributed by atoms with van der Waals surface area (Å²) in [6, 6.07) is 0.822. The molecule has 1 aliphatic heterocycles. The number of nitrogens with one attached hydrogen (secondary N) is 1. The van der Waals surface area contributed by atoms with Gasteiger partial charge < -0.3 is 10.1 Å². The third-order valence-electron chi connectivity index (χ3n) is 3.88. The van der Waals surface area contributed by atoms with Crippen molar-refractivity contribution in [3.63, 3.8) is 0 Å². The molecule has 100 valence electrons. The Morgan fingerprint density at radius 3 is 2.65 bits per heavy atom. The van der Waals surface area contributed by atoms with Crippen LogP contribution in [0.3, 0.4) is 0 Å². The minimum absolute atomic E-state index is 0.406. The van der Waals surface area contributed by atoms with Crippen LogP contribution in [0.5, 0.6) is 0 Å². The maximum atomic E-state index is 5.85. The Bertz CT molecular complexity index is 208. The van der Waals surface area contributed by atoms with Gasteiger partial charge in [-0.2, -0.15) is 0 Å². The molecule has 0 amide bonds. The van der Waals surface area contributed by atoms with Crippen molar-refractivity contribution in [3.05, 3.63) is 0 Å². The average Bonchev–Trinajstić information content (AvgIpc) is 2.82. The molecule has 0 aromatic heterocycles. The zero-order valence-electron chi connectivity index (χ0n) is 11.5. The first-order chi connectivity index (χ1) is 8.25. The molecule has 1 unspecified atom stereocenters. The molecule has 3 nitrogen and oxygen atoms in total. The van der Waals surface area contributed by atoms with Crippen LogP contribution < -0.4 is 5.32 Å². The normalized spacial score (nSPS) is 27.2. The summed E-state index contributed by atoms with van der Waals surface area (Å²) in [5, 5.41) is 3.43. The summed E-state index contributed by atoms with van der Waals surface area (Å²) in [5.74, 6) is 0.757. The lowest BCUT2D eigenvalue weighted by Gasteiger charge is -2.35. The first-order valence-corrected chi connectivity index (χ1v) is 7.32. The van der Waals surface area contributed by atoms with E-state index in [1.807, 2.05) is 0 Å². The minimum Gasteiger partial charge on any atom is -0.374 e. The standard InChI is InChI=1S/C14H28N2O/c1-12(2)10-16(13-5-3-4-6-13)11-14-9-15-7-8-17-14/h12-15H,3-11H2,1-2H3. The van der Waals surface area contributed by atoms with Gasteiger partial charge in [-0.25, -0.2) is 0 Å². The van der Waals surface area contributed by atoms with Gasteiger partial charge in [-0.1, -0.05) is 26.7 Å². The number of hydrogen-bond acceptors (Lipinski definition) is 3. The van der Waals surface area contributed by atoms with E-state index in [2.05, 4.69) is 24.1 Å². The fraction of sp³-hybridized carbons (Fsp3) is 1.00. The van der Waals surface area contributed by atoms with Gasteiger partial charge in [0.25, 0.3) is 0 Å². The van der Waals surface area contributed by atoms with Crippen LogP contribution in [-0.2, 0) is 4.74 Å². The molecule has 0 spiro atoms. The molecule has 3 heteroatoms. The molecule has 1 heterocycles. The fourth-order valence-corrected chi connectivity index (χ4v) is 3.11. The summed E-state index contributed by atoms with van der Waals surface area (Å²) in [6.45, 7) is 9.92. The average molecular weight is 240 g/mol. The molecule has 1 atom stereocenters. The Hall–Kier alpha value is -0.120. The van der Waals surface area contributed by atoms with Crippen LogP contribution >= 0.6 is 0 Å². The monoisotopic (exact) mass is 240 g/mol. The van der Waals surface area contributed by atoms with Crippen molar-refractivity contribution in [1.82, 2.24) is 10.2 Å². The van der Waals surface area contributed by atoms with Crippen molar-refractivity contribution in [2.75, 3.05) is 32.8 Å². The molecule has 2 aliphatic rings. The van der Waals surface area contributed by atoms with E-state index in [9.17, 15) is 0 Å². The van der Waals surface area contributed by atoms with Crippen LogP contribution in [0.1, 0.15) is 39.5 Å². The molecule has 0 radical (unpaired) electrons. The van der Waals surface area contributed by atoms with Crippen molar-refractivity contribution < 1.29 is 4.74 Å². The Morgan fingerprint density at radius 1 is 1.29 bits per heavy atom. The van der Waals surface area contributed by atoms with Crippen LogP contribution in [0.2, 0.25) is 0 Å². The van der Waals surface area contributed by atoms with Crippen molar-refractivity contribution >= 4 is 0 Å². The van der Waals surface area contributed by atoms with Gasteiger partial charge >= 0.3 is 0 Å². The molecular formula is C14H28N2O. The quantitative estimate of drug-likeness (QED) is 0.794. The SMILES string of the molecule is CC(C)CN(CC1CNCCO1)C1CCCC1. The van der Waals surface area contributed by atoms with Gasteiger partial charge in [0.05, 0.1) is 12.7 Å². The second-order valence-corrected chi connectivity index (χ2v) is 5.98. The lowest BCUT2D eigenvalue weighted by Crippen LogP contribution is -2.48. The van der Waals surface area contributed by atoms with Gasteiger partial charge in [-0.3, -0.25) is 4.90 Å². The van der Waals surface area contributed by atoms with E-state index in [0.29, 0.717) is 6.10 Å². The smallest absolute Gasteiger partial charge is 0.0826 e. The molecule has 1 aliphatic carbocycles. The van der Waals surface area contributed by atoms with Gasteiger partial charge in [0, 0.05) is 32.2 Å². The zero-order valence-corrected chi connectivity index (χ0v) is 11.5. The zero-order chi connectivity index (χ0) is 12.1. The van der Waals surface area contributed by atoms with Gasteiger partial charge in [0.2, 0.25) is 0 Å². The Labute approximate surface area is 106 Å². The molecule has 0 bridgehead atoms. The third kappa shape index (κ3) is 4.23. The van der Waals surface area contributed by atoms with Gasteiger partial charge in [0.1, 0.15) is 0 Å². The van der Waals surface area contributed by atoms with Crippen molar-refractivity contribution in [2.24, 2.45) is 5.92 Å². The topological polar surface area (TPSA) is 24.5 Å². The predicted molar refractivity (Wildman–Crippen MR) is 71.3 cm³/mol. The van der Waals surface area contributed by atoms with Crippen LogP contribution in [0.25, 0.3) is 0 Å². The second kappa shape index (κ2) is 6.72. The summed E-state index contributed by atoms with van der Waals surface area (Å²) >= 11 is 0. The molecular weight excluding hydrogens is 212 g/mol. The van der Waals surface area contributed by atoms with E-state index in [0.717, 1.165) is 38.2 Å². The number of ether oxygens (including phenoxy) is 1. The largest absolute Gasteiger partial charge is 0.374 e. The van der Waals surface area contributed by atoms with E-state index in [1.165, 1.54) is 32.2 Å². The minimum atomic E-state index is 0.406. The van der Waals surface area contributed by atoms with Crippen LogP contribution in [0.4, 0.5) is 0 Å². The first kappa shape index (κ1) is 13.3. The van der Waals surface area contributed by atoms with E-state index in [-0.39, 0.29) is 0 Å². The van der Waals surface area contributed by atoms with Crippen molar-refractivity contribution in [1.29, 1.82) is 0 Å². The fourth-order valence-electron chi connectivity index (χ4n) is 3.11. The van der Waals surface area contributed by atoms with E-state index >= 15 is 0 Å². The van der Waals surface area contributed by atoms with Crippen molar-refractivity contribution in [3.8, 4) is 0 Å². The molecule has 1 saturated carbocycles. The summed E-state index contributed by atoms with van der Waals surface area (Å²) in [5.41, 5.74) is 0. The Kier molecular flexibility index (Phi) is 5.26. The van der Waals surface area contributed by atoms with Crippen molar-refractivity contribution in [2.45, 2.75) is 51.7 Å². The van der Waals surface area contributed by atoms with E-state index in [1.54, 1.807) is 0 Å². The first-order valence-electron chi connectivity index (χ1n) is 7.32. The number of hydrogen-bond donors (Lipinski definition) is 1. The summed E-state index contributed by atoms with van der Waals surface area (Å²) < 4.78 is 5.85. The molecule has 17 heavy (non-hydrogen) atoms. The molecule has 0 aromatic rings. The van der Waals surface area contributed by atoms with Gasteiger partial charge in [-0.15, -0.1) is 0 Å². The highest BCUT2D eigenvalue weighted by Gasteiger charge is 2.26. The van der Waals surface area contributed by atoms with E-state index in [4.69, 9.17) is 4.74 Å². The number of nitrogens with zero attached hydrogens (tertiary/aromatic N) is 1. The Balaban J connectivity index is 1.84. The maximum absolute atomic E-state index is 5.85. The maximum Gasteiger partial charge on any atom is 0.0826 e. The molecule has 2 rings (SSSR count). The summed E-state index contributed by atoms with van der Waals surface area (Å²) in [6.07, 6.45) is 6.04. The highest BCUT2D eigenvalue weighted by molar-refractivity contribution is 4.81. The van der Waals surface area contributed by atoms with E-state index < -0.39 is 0 Å². The highest BCUT2D eigenvalue weighted by atomic mass is 16.5. The number of rotatable bonds is 5. The van der Waals surface area contributed by atoms with Gasteiger partial charge in [0.15, 0.2) is 0 Å². The summed E-state index contributed by atoms with van der Waals surface area (Å²) in [4.78, 5) is 2.69. The van der Waals surface area contributed by atoms with Crippen LogP contribution in [0, 0.1) is 5.92 Å². The lowest BCUT2D eigenvalue weighted by atomic mass is 10.1. The molecule has 0 aromatic carbocycles. The molecule has 1 N–H and O–H groups in total. The van der Waals surface area contributed by atoms with Crippen LogP contribution in [-0.4, -0.2) is 49.8 Å². The second-order valence-electron chi connectivity index (χ2n) is 5.98. The van der Waals surface area contributed by atoms with Gasteiger partial charge in [-0.05, 0) is 18.8 Å². The highest BCUT2D eigenvalue weighted by Crippen LogP contribution is 2.24. The Morgan fingerprint density at radius 2 is 2.06 bits per heavy atom. The lowest BCUT2D eigenvalue weighted by molar-refractivity contribution is -0.00530. The number of morpholine rings is 1. The molecule has 1 saturated heterocycles. The summed E-state index contributed by atoms with van der Waals surface area (Å²) in [7, 11) is 0. The van der Waals surface area contributed by atoms with Crippen LogP contribution in [0.15, 0.2) is 0 Å².